The van der Waals surface area contributed by atoms with Gasteiger partial charge in [0.05, 0.1) is 23.6 Å². The van der Waals surface area contributed by atoms with Gasteiger partial charge >= 0.3 is 0 Å². The first-order valence-corrected chi connectivity index (χ1v) is 6.54. The van der Waals surface area contributed by atoms with Crippen LogP contribution in [0.25, 0.3) is 5.69 Å². The Balaban J connectivity index is 2.13. The average molecular weight is 279 g/mol. The fourth-order valence-electron chi connectivity index (χ4n) is 1.30. The molecule has 0 bridgehead atoms. The molecule has 7 nitrogen and oxygen atoms in total. The van der Waals surface area contributed by atoms with Crippen molar-refractivity contribution in [2.24, 2.45) is 0 Å². The molecular formula is C11H13N5O2S. The fourth-order valence-corrected chi connectivity index (χ4v) is 1.76. The first-order valence-electron chi connectivity index (χ1n) is 5.43. The van der Waals surface area contributed by atoms with Gasteiger partial charge in [-0.3, -0.25) is 14.5 Å². The van der Waals surface area contributed by atoms with Gasteiger partial charge in [0.2, 0.25) is 0 Å². The first kappa shape index (κ1) is 13.4. The van der Waals surface area contributed by atoms with Crippen LogP contribution in [0.1, 0.15) is 10.4 Å². The van der Waals surface area contributed by atoms with Crippen LogP contribution < -0.4 is 4.72 Å². The summed E-state index contributed by atoms with van der Waals surface area (Å²) < 4.78 is 16.7. The highest BCUT2D eigenvalue weighted by Crippen LogP contribution is 2.06. The van der Waals surface area contributed by atoms with Crippen LogP contribution in [0.15, 0.2) is 36.9 Å². The molecule has 19 heavy (non-hydrogen) atoms. The Hall–Kier alpha value is -2.06. The van der Waals surface area contributed by atoms with E-state index < -0.39 is 17.1 Å². The van der Waals surface area contributed by atoms with Gasteiger partial charge in [-0.1, -0.05) is 0 Å². The Morgan fingerprint density at radius 3 is 2.84 bits per heavy atom. The zero-order chi connectivity index (χ0) is 13.8. The third-order valence-corrected chi connectivity index (χ3v) is 3.29. The van der Waals surface area contributed by atoms with Crippen LogP contribution in [0.4, 0.5) is 0 Å². The topological polar surface area (TPSA) is 80.1 Å². The van der Waals surface area contributed by atoms with E-state index in [0.717, 1.165) is 5.69 Å². The number of hydrogen-bond acceptors (Lipinski definition) is 4. The largest absolute Gasteiger partial charge is 0.268 e. The standard InChI is InChI=1S/C11H13N5O2S/c1-15(2)19(18)14-11(17)9-6-13-16(8-9)10-4-3-5-12-7-10/h3-8H,1-2H3,(H,14,17). The van der Waals surface area contributed by atoms with E-state index in [-0.39, 0.29) is 0 Å². The number of nitrogens with zero attached hydrogens (tertiary/aromatic N) is 4. The second-order valence-corrected chi connectivity index (χ2v) is 5.31. The van der Waals surface area contributed by atoms with Gasteiger partial charge in [-0.2, -0.15) is 5.10 Å². The third kappa shape index (κ3) is 3.24. The van der Waals surface area contributed by atoms with E-state index in [0.29, 0.717) is 5.56 Å². The van der Waals surface area contributed by atoms with Crippen molar-refractivity contribution in [3.63, 3.8) is 0 Å². The number of carbonyl (C=O) groups excluding carboxylic acids is 1. The van der Waals surface area contributed by atoms with Crippen molar-refractivity contribution in [1.82, 2.24) is 23.8 Å². The molecule has 0 fully saturated rings. The molecule has 0 aliphatic heterocycles. The molecule has 8 heteroatoms. The Morgan fingerprint density at radius 1 is 1.42 bits per heavy atom. The lowest BCUT2D eigenvalue weighted by molar-refractivity contribution is 0.0981. The van der Waals surface area contributed by atoms with E-state index in [2.05, 4.69) is 14.8 Å². The molecule has 0 saturated heterocycles. The van der Waals surface area contributed by atoms with Gasteiger partial charge in [-0.05, 0) is 12.1 Å². The highest BCUT2D eigenvalue weighted by Gasteiger charge is 2.13. The molecule has 2 rings (SSSR count). The second-order valence-electron chi connectivity index (χ2n) is 3.88. The molecule has 0 aromatic carbocycles. The number of carbonyl (C=O) groups is 1. The number of rotatable bonds is 4. The van der Waals surface area contributed by atoms with Crippen molar-refractivity contribution in [3.8, 4) is 5.69 Å². The molecule has 1 unspecified atom stereocenters. The van der Waals surface area contributed by atoms with Gasteiger partial charge in [0.25, 0.3) is 5.91 Å². The van der Waals surface area contributed by atoms with E-state index in [1.54, 1.807) is 38.8 Å². The van der Waals surface area contributed by atoms with Gasteiger partial charge < -0.3 is 0 Å². The smallest absolute Gasteiger partial charge is 0.267 e. The molecule has 0 spiro atoms. The molecule has 2 heterocycles. The predicted octanol–water partition coefficient (Wildman–Crippen LogP) is 0.137. The molecular weight excluding hydrogens is 266 g/mol. The van der Waals surface area contributed by atoms with Crippen LogP contribution in [0.3, 0.4) is 0 Å². The second kappa shape index (κ2) is 5.72. The number of pyridine rings is 1. The predicted molar refractivity (Wildman–Crippen MR) is 70.7 cm³/mol. The summed E-state index contributed by atoms with van der Waals surface area (Å²) in [6.45, 7) is 0. The van der Waals surface area contributed by atoms with E-state index in [1.807, 2.05) is 6.07 Å². The molecule has 1 atom stereocenters. The van der Waals surface area contributed by atoms with E-state index in [4.69, 9.17) is 0 Å². The van der Waals surface area contributed by atoms with E-state index >= 15 is 0 Å². The molecule has 2 aromatic rings. The molecule has 0 aliphatic carbocycles. The van der Waals surface area contributed by atoms with Crippen LogP contribution in [0.5, 0.6) is 0 Å². The molecule has 0 saturated carbocycles. The Kier molecular flexibility index (Phi) is 4.03. The molecule has 100 valence electrons. The SMILES string of the molecule is CN(C)S(=O)NC(=O)c1cnn(-c2cccnc2)c1. The number of hydrogen-bond donors (Lipinski definition) is 1. The Bertz CT molecular complexity index is 596. The van der Waals surface area contributed by atoms with Gasteiger partial charge in [0.1, 0.15) is 0 Å². The molecule has 0 aliphatic rings. The van der Waals surface area contributed by atoms with Crippen molar-refractivity contribution in [2.75, 3.05) is 14.1 Å². The van der Waals surface area contributed by atoms with Crippen LogP contribution >= 0.6 is 0 Å². The quantitative estimate of drug-likeness (QED) is 0.863. The lowest BCUT2D eigenvalue weighted by Crippen LogP contribution is -2.33. The van der Waals surface area contributed by atoms with Crippen molar-refractivity contribution >= 4 is 17.1 Å². The summed E-state index contributed by atoms with van der Waals surface area (Å²) in [7, 11) is 3.21. The first-order chi connectivity index (χ1) is 9.08. The van der Waals surface area contributed by atoms with Crippen LogP contribution in [0.2, 0.25) is 0 Å². The normalized spacial score (nSPS) is 12.4. The van der Waals surface area contributed by atoms with Crippen molar-refractivity contribution in [1.29, 1.82) is 0 Å². The molecule has 2 aromatic heterocycles. The number of amides is 1. The van der Waals surface area contributed by atoms with Crippen molar-refractivity contribution in [3.05, 3.63) is 42.5 Å². The van der Waals surface area contributed by atoms with Crippen LogP contribution in [0, 0.1) is 0 Å². The summed E-state index contributed by atoms with van der Waals surface area (Å²) in [6.07, 6.45) is 6.25. The third-order valence-electron chi connectivity index (χ3n) is 2.27. The highest BCUT2D eigenvalue weighted by atomic mass is 32.2. The summed E-state index contributed by atoms with van der Waals surface area (Å²) >= 11 is -1.55. The monoisotopic (exact) mass is 279 g/mol. The van der Waals surface area contributed by atoms with Gasteiger partial charge in [0, 0.05) is 26.5 Å². The maximum Gasteiger partial charge on any atom is 0.267 e. The maximum absolute atomic E-state index is 11.8. The summed E-state index contributed by atoms with van der Waals surface area (Å²) in [5.74, 6) is -0.442. The highest BCUT2D eigenvalue weighted by molar-refractivity contribution is 7.81. The fraction of sp³-hybridized carbons (Fsp3) is 0.182. The van der Waals surface area contributed by atoms with E-state index in [1.165, 1.54) is 15.2 Å². The Morgan fingerprint density at radius 2 is 2.21 bits per heavy atom. The van der Waals surface area contributed by atoms with Gasteiger partial charge in [0.15, 0.2) is 11.2 Å². The van der Waals surface area contributed by atoms with Crippen molar-refractivity contribution in [2.45, 2.75) is 0 Å². The summed E-state index contributed by atoms with van der Waals surface area (Å²) in [4.78, 5) is 15.8. The van der Waals surface area contributed by atoms with Gasteiger partial charge in [-0.15, -0.1) is 0 Å². The number of nitrogens with one attached hydrogen (secondary N) is 1. The average Bonchev–Trinajstić information content (AvgIpc) is 2.89. The maximum atomic E-state index is 11.8. The summed E-state index contributed by atoms with van der Waals surface area (Å²) in [5, 5.41) is 4.06. The zero-order valence-corrected chi connectivity index (χ0v) is 11.3. The van der Waals surface area contributed by atoms with E-state index in [9.17, 15) is 9.00 Å². The minimum Gasteiger partial charge on any atom is -0.268 e. The lowest BCUT2D eigenvalue weighted by atomic mass is 10.3. The van der Waals surface area contributed by atoms with Crippen LogP contribution in [-0.2, 0) is 11.2 Å². The van der Waals surface area contributed by atoms with Crippen molar-refractivity contribution < 1.29 is 9.00 Å². The number of aromatic nitrogens is 3. The van der Waals surface area contributed by atoms with Gasteiger partial charge in [-0.25, -0.2) is 13.2 Å². The van der Waals surface area contributed by atoms with Crippen LogP contribution in [-0.4, -0.2) is 43.3 Å². The Labute approximate surface area is 113 Å². The molecule has 0 radical (unpaired) electrons. The summed E-state index contributed by atoms with van der Waals surface area (Å²) in [6, 6.07) is 3.59. The lowest BCUT2D eigenvalue weighted by Gasteiger charge is -2.08. The zero-order valence-electron chi connectivity index (χ0n) is 10.5. The summed E-state index contributed by atoms with van der Waals surface area (Å²) in [5.41, 5.74) is 1.08. The minimum atomic E-state index is -1.55. The molecule has 1 N–H and O–H groups in total. The minimum absolute atomic E-state index is 0.332. The molecule has 1 amide bonds.